The van der Waals surface area contributed by atoms with E-state index in [-0.39, 0.29) is 18.2 Å². The molecular weight excluding hydrogens is 356 g/mol. The van der Waals surface area contributed by atoms with E-state index >= 15 is 0 Å². The van der Waals surface area contributed by atoms with Crippen LogP contribution in [0.5, 0.6) is 0 Å². The minimum atomic E-state index is -0.120. The quantitative estimate of drug-likeness (QED) is 0.854. The third-order valence-electron chi connectivity index (χ3n) is 3.42. The maximum Gasteiger partial charge on any atom is 0.226 e. The molecular formula is C18H19BrN2O2. The molecule has 2 aromatic rings. The monoisotopic (exact) mass is 374 g/mol. The lowest BCUT2D eigenvalue weighted by atomic mass is 10.2. The third-order valence-corrected chi connectivity index (χ3v) is 3.94. The number of nitrogens with zero attached hydrogens (tertiary/aromatic N) is 1. The maximum atomic E-state index is 12.0. The molecule has 0 saturated heterocycles. The van der Waals surface area contributed by atoms with Crippen LogP contribution >= 0.6 is 15.9 Å². The van der Waals surface area contributed by atoms with E-state index in [1.807, 2.05) is 55.5 Å². The summed E-state index contributed by atoms with van der Waals surface area (Å²) in [6, 6.07) is 15.1. The first-order valence-electron chi connectivity index (χ1n) is 7.36. The van der Waals surface area contributed by atoms with Crippen molar-refractivity contribution in [3.8, 4) is 0 Å². The molecule has 0 spiro atoms. The summed E-state index contributed by atoms with van der Waals surface area (Å²) in [4.78, 5) is 25.5. The highest BCUT2D eigenvalue weighted by Crippen LogP contribution is 2.17. The first-order chi connectivity index (χ1) is 11.0. The lowest BCUT2D eigenvalue weighted by molar-refractivity contribution is -0.117. The van der Waals surface area contributed by atoms with Crippen LogP contribution in [0.15, 0.2) is 53.0 Å². The Labute approximate surface area is 144 Å². The number of hydrogen-bond donors (Lipinski definition) is 1. The minimum Gasteiger partial charge on any atom is -0.326 e. The molecule has 2 rings (SSSR count). The summed E-state index contributed by atoms with van der Waals surface area (Å²) in [7, 11) is 0. The van der Waals surface area contributed by atoms with E-state index in [1.165, 1.54) is 6.92 Å². The summed E-state index contributed by atoms with van der Waals surface area (Å²) in [6.07, 6.45) is 0.240. The van der Waals surface area contributed by atoms with Gasteiger partial charge in [-0.2, -0.15) is 0 Å². The Morgan fingerprint density at radius 2 is 1.65 bits per heavy atom. The summed E-state index contributed by atoms with van der Waals surface area (Å²) in [5.41, 5.74) is 2.67. The van der Waals surface area contributed by atoms with Gasteiger partial charge in [0.2, 0.25) is 11.8 Å². The Kier molecular flexibility index (Phi) is 5.93. The van der Waals surface area contributed by atoms with E-state index in [9.17, 15) is 9.59 Å². The van der Waals surface area contributed by atoms with Gasteiger partial charge in [-0.15, -0.1) is 0 Å². The van der Waals surface area contributed by atoms with Gasteiger partial charge in [-0.3, -0.25) is 9.59 Å². The molecule has 4 nitrogen and oxygen atoms in total. The van der Waals surface area contributed by atoms with Crippen LogP contribution in [0.25, 0.3) is 0 Å². The van der Waals surface area contributed by atoms with E-state index < -0.39 is 0 Å². The van der Waals surface area contributed by atoms with Crippen molar-refractivity contribution in [1.82, 2.24) is 0 Å². The molecule has 5 heteroatoms. The Morgan fingerprint density at radius 1 is 1.04 bits per heavy atom. The largest absolute Gasteiger partial charge is 0.326 e. The van der Waals surface area contributed by atoms with Gasteiger partial charge in [0.15, 0.2) is 0 Å². The van der Waals surface area contributed by atoms with Gasteiger partial charge in [-0.05, 0) is 43.3 Å². The van der Waals surface area contributed by atoms with Crippen LogP contribution in [0, 0.1) is 6.92 Å². The Balaban J connectivity index is 1.95. The fraction of sp³-hybridized carbons (Fsp3) is 0.222. The normalized spacial score (nSPS) is 10.2. The molecule has 0 atom stereocenters. The number of benzene rings is 2. The summed E-state index contributed by atoms with van der Waals surface area (Å²) >= 11 is 3.35. The van der Waals surface area contributed by atoms with Crippen molar-refractivity contribution >= 4 is 39.1 Å². The van der Waals surface area contributed by atoms with Gasteiger partial charge in [0, 0.05) is 35.7 Å². The standard InChI is InChI=1S/C18H19BrN2O2/c1-13-3-9-17(10-4-13)21(14(2)22)12-11-18(23)20-16-7-5-15(19)6-8-16/h3-10H,11-12H2,1-2H3,(H,20,23). The lowest BCUT2D eigenvalue weighted by Gasteiger charge is -2.21. The van der Waals surface area contributed by atoms with Crippen molar-refractivity contribution < 1.29 is 9.59 Å². The molecule has 120 valence electrons. The predicted molar refractivity (Wildman–Crippen MR) is 96.6 cm³/mol. The van der Waals surface area contributed by atoms with Crippen molar-refractivity contribution in [2.24, 2.45) is 0 Å². The number of nitrogens with one attached hydrogen (secondary N) is 1. The molecule has 23 heavy (non-hydrogen) atoms. The topological polar surface area (TPSA) is 49.4 Å². The predicted octanol–water partition coefficient (Wildman–Crippen LogP) is 4.14. The van der Waals surface area contributed by atoms with Crippen LogP contribution in [0.4, 0.5) is 11.4 Å². The zero-order chi connectivity index (χ0) is 16.8. The van der Waals surface area contributed by atoms with Gasteiger partial charge in [-0.25, -0.2) is 0 Å². The second-order valence-electron chi connectivity index (χ2n) is 5.31. The third kappa shape index (κ3) is 5.21. The lowest BCUT2D eigenvalue weighted by Crippen LogP contribution is -2.31. The molecule has 0 unspecified atom stereocenters. The number of rotatable bonds is 5. The van der Waals surface area contributed by atoms with E-state index in [2.05, 4.69) is 21.2 Å². The molecule has 1 N–H and O–H groups in total. The second-order valence-corrected chi connectivity index (χ2v) is 6.23. The van der Waals surface area contributed by atoms with Gasteiger partial charge in [-0.1, -0.05) is 33.6 Å². The van der Waals surface area contributed by atoms with Gasteiger partial charge in [0.1, 0.15) is 0 Å². The summed E-state index contributed by atoms with van der Waals surface area (Å²) in [5, 5.41) is 2.83. The van der Waals surface area contributed by atoms with Gasteiger partial charge in [0.25, 0.3) is 0 Å². The van der Waals surface area contributed by atoms with Crippen molar-refractivity contribution in [2.45, 2.75) is 20.3 Å². The fourth-order valence-corrected chi connectivity index (χ4v) is 2.43. The first-order valence-corrected chi connectivity index (χ1v) is 8.15. The molecule has 0 aliphatic carbocycles. The van der Waals surface area contributed by atoms with Gasteiger partial charge < -0.3 is 10.2 Å². The smallest absolute Gasteiger partial charge is 0.226 e. The molecule has 0 bridgehead atoms. The van der Waals surface area contributed by atoms with E-state index in [0.717, 1.165) is 21.4 Å². The highest BCUT2D eigenvalue weighted by Gasteiger charge is 2.13. The SMILES string of the molecule is CC(=O)N(CCC(=O)Nc1ccc(Br)cc1)c1ccc(C)cc1. The van der Waals surface area contributed by atoms with Gasteiger partial charge >= 0.3 is 0 Å². The van der Waals surface area contributed by atoms with E-state index in [1.54, 1.807) is 4.90 Å². The number of aryl methyl sites for hydroxylation is 1. The summed E-state index contributed by atoms with van der Waals surface area (Å²) in [5.74, 6) is -0.198. The Morgan fingerprint density at radius 3 is 2.22 bits per heavy atom. The van der Waals surface area contributed by atoms with Crippen molar-refractivity contribution in [3.63, 3.8) is 0 Å². The van der Waals surface area contributed by atoms with Gasteiger partial charge in [0.05, 0.1) is 0 Å². The first kappa shape index (κ1) is 17.2. The summed E-state index contributed by atoms with van der Waals surface area (Å²) in [6.45, 7) is 3.85. The van der Waals surface area contributed by atoms with E-state index in [0.29, 0.717) is 6.54 Å². The molecule has 0 saturated carbocycles. The number of amides is 2. The van der Waals surface area contributed by atoms with Crippen LogP contribution in [-0.4, -0.2) is 18.4 Å². The Hall–Kier alpha value is -2.14. The highest BCUT2D eigenvalue weighted by molar-refractivity contribution is 9.10. The number of anilines is 2. The number of carbonyl (C=O) groups is 2. The molecule has 0 aromatic heterocycles. The van der Waals surface area contributed by atoms with Crippen LogP contribution in [0.1, 0.15) is 18.9 Å². The average Bonchev–Trinajstić information content (AvgIpc) is 2.51. The van der Waals surface area contributed by atoms with Crippen LogP contribution in [-0.2, 0) is 9.59 Å². The van der Waals surface area contributed by atoms with Crippen LogP contribution in [0.3, 0.4) is 0 Å². The van der Waals surface area contributed by atoms with Crippen LogP contribution in [0.2, 0.25) is 0 Å². The average molecular weight is 375 g/mol. The highest BCUT2D eigenvalue weighted by atomic mass is 79.9. The molecule has 0 heterocycles. The van der Waals surface area contributed by atoms with Crippen molar-refractivity contribution in [3.05, 3.63) is 58.6 Å². The molecule has 2 amide bonds. The fourth-order valence-electron chi connectivity index (χ4n) is 2.16. The zero-order valence-corrected chi connectivity index (χ0v) is 14.8. The maximum absolute atomic E-state index is 12.0. The number of carbonyl (C=O) groups excluding carboxylic acids is 2. The molecule has 0 aliphatic rings. The van der Waals surface area contributed by atoms with Crippen molar-refractivity contribution in [2.75, 3.05) is 16.8 Å². The van der Waals surface area contributed by atoms with Crippen molar-refractivity contribution in [1.29, 1.82) is 0 Å². The second kappa shape index (κ2) is 7.92. The molecule has 0 radical (unpaired) electrons. The summed E-state index contributed by atoms with van der Waals surface area (Å²) < 4.78 is 0.956. The minimum absolute atomic E-state index is 0.0784. The molecule has 0 aliphatic heterocycles. The molecule has 2 aromatic carbocycles. The van der Waals surface area contributed by atoms with Crippen LogP contribution < -0.4 is 10.2 Å². The zero-order valence-electron chi connectivity index (χ0n) is 13.2. The Bertz CT molecular complexity index is 681. The number of halogens is 1. The van der Waals surface area contributed by atoms with E-state index in [4.69, 9.17) is 0 Å². The molecule has 0 fully saturated rings. The number of hydrogen-bond acceptors (Lipinski definition) is 2.